The van der Waals surface area contributed by atoms with Gasteiger partial charge in [-0.05, 0) is 49.9 Å². The van der Waals surface area contributed by atoms with Crippen molar-refractivity contribution in [3.63, 3.8) is 0 Å². The number of carbonyl (C=O) groups excluding carboxylic acids is 1. The van der Waals surface area contributed by atoms with Gasteiger partial charge in [0.05, 0.1) is 0 Å². The second-order valence-electron chi connectivity index (χ2n) is 7.86. The number of hydrogen-bond donors (Lipinski definition) is 1. The van der Waals surface area contributed by atoms with E-state index in [9.17, 15) is 9.18 Å². The first-order valence-electron chi connectivity index (χ1n) is 9.76. The van der Waals surface area contributed by atoms with E-state index < -0.39 is 0 Å². The summed E-state index contributed by atoms with van der Waals surface area (Å²) in [5.41, 5.74) is 0.323. The Labute approximate surface area is 170 Å². The molecule has 1 amide bonds. The first-order chi connectivity index (χ1) is 13.0. The fourth-order valence-electron chi connectivity index (χ4n) is 4.15. The van der Waals surface area contributed by atoms with Gasteiger partial charge in [-0.3, -0.25) is 4.79 Å². The molecule has 2 fully saturated rings. The molecule has 2 atom stereocenters. The van der Waals surface area contributed by atoms with Gasteiger partial charge in [-0.2, -0.15) is 0 Å². The molecule has 2 aliphatic rings. The molecule has 0 saturated carbocycles. The number of carbonyl (C=O) groups is 1. The van der Waals surface area contributed by atoms with Crippen molar-refractivity contribution in [1.82, 2.24) is 25.0 Å². The third kappa shape index (κ3) is 3.91. The van der Waals surface area contributed by atoms with E-state index in [1.54, 1.807) is 18.2 Å². The van der Waals surface area contributed by atoms with Gasteiger partial charge in [0, 0.05) is 19.0 Å². The van der Waals surface area contributed by atoms with E-state index in [1.807, 2.05) is 18.7 Å². The van der Waals surface area contributed by atoms with Crippen LogP contribution in [-0.4, -0.2) is 51.8 Å². The molecular formula is C20H27ClFN5O. The molecule has 8 heteroatoms. The summed E-state index contributed by atoms with van der Waals surface area (Å²) in [5, 5.41) is 7.85. The van der Waals surface area contributed by atoms with Crippen LogP contribution < -0.4 is 5.32 Å². The van der Waals surface area contributed by atoms with Gasteiger partial charge in [0.15, 0.2) is 0 Å². The molecule has 0 unspecified atom stereocenters. The maximum atomic E-state index is 14.3. The zero-order chi connectivity index (χ0) is 19.0. The number of amides is 1. The Morgan fingerprint density at radius 2 is 1.82 bits per heavy atom. The minimum atomic E-state index is -0.376. The van der Waals surface area contributed by atoms with E-state index in [1.165, 1.54) is 10.7 Å². The zero-order valence-electron chi connectivity index (χ0n) is 16.3. The van der Waals surface area contributed by atoms with Gasteiger partial charge in [-0.25, -0.2) is 14.1 Å². The highest BCUT2D eigenvalue weighted by Gasteiger charge is 2.33. The Morgan fingerprint density at radius 3 is 2.43 bits per heavy atom. The lowest BCUT2D eigenvalue weighted by molar-refractivity contribution is 0.0746. The molecule has 0 aliphatic carbocycles. The standard InChI is InChI=1S/C20H26FN5O.ClH/c1-13(2)19-23-18(24-26(19)17-6-4-3-5-16(17)21)20(27)25-9-7-14-11-22-12-15(14)8-10-25;/h3-6,13-15,22H,7-12H2,1-2H3;1H/t14-,15+;. The highest BCUT2D eigenvalue weighted by Crippen LogP contribution is 2.28. The van der Waals surface area contributed by atoms with Gasteiger partial charge >= 0.3 is 0 Å². The van der Waals surface area contributed by atoms with Crippen molar-refractivity contribution in [3.8, 4) is 5.69 Å². The fraction of sp³-hybridized carbons (Fsp3) is 0.550. The molecule has 28 heavy (non-hydrogen) atoms. The minimum Gasteiger partial charge on any atom is -0.336 e. The maximum absolute atomic E-state index is 14.3. The van der Waals surface area contributed by atoms with E-state index in [-0.39, 0.29) is 35.9 Å². The lowest BCUT2D eigenvalue weighted by atomic mass is 9.92. The van der Waals surface area contributed by atoms with Crippen LogP contribution in [0.4, 0.5) is 4.39 Å². The lowest BCUT2D eigenvalue weighted by Crippen LogP contribution is -2.33. The van der Waals surface area contributed by atoms with E-state index in [0.717, 1.165) is 39.0 Å². The van der Waals surface area contributed by atoms with Crippen molar-refractivity contribution >= 4 is 18.3 Å². The summed E-state index contributed by atoms with van der Waals surface area (Å²) < 4.78 is 15.8. The number of nitrogens with one attached hydrogen (secondary N) is 1. The van der Waals surface area contributed by atoms with Crippen molar-refractivity contribution in [1.29, 1.82) is 0 Å². The predicted molar refractivity (Wildman–Crippen MR) is 108 cm³/mol. The molecule has 0 bridgehead atoms. The highest BCUT2D eigenvalue weighted by molar-refractivity contribution is 5.90. The number of likely N-dealkylation sites (tertiary alicyclic amines) is 1. The Morgan fingerprint density at radius 1 is 1.18 bits per heavy atom. The van der Waals surface area contributed by atoms with Crippen LogP contribution in [0.15, 0.2) is 24.3 Å². The van der Waals surface area contributed by atoms with Crippen molar-refractivity contribution < 1.29 is 9.18 Å². The molecule has 152 valence electrons. The van der Waals surface area contributed by atoms with Crippen molar-refractivity contribution in [2.24, 2.45) is 11.8 Å². The lowest BCUT2D eigenvalue weighted by Gasteiger charge is -2.19. The molecular weight excluding hydrogens is 381 g/mol. The largest absolute Gasteiger partial charge is 0.336 e. The summed E-state index contributed by atoms with van der Waals surface area (Å²) in [5.74, 6) is 1.55. The van der Waals surface area contributed by atoms with E-state index in [0.29, 0.717) is 23.3 Å². The molecule has 2 aromatic rings. The summed E-state index contributed by atoms with van der Waals surface area (Å²) in [6.45, 7) is 7.49. The summed E-state index contributed by atoms with van der Waals surface area (Å²) in [7, 11) is 0. The number of halogens is 2. The van der Waals surface area contributed by atoms with Gasteiger partial charge in [-0.1, -0.05) is 26.0 Å². The second kappa shape index (κ2) is 8.57. The van der Waals surface area contributed by atoms with Gasteiger partial charge in [0.25, 0.3) is 5.91 Å². The number of aromatic nitrogens is 3. The summed E-state index contributed by atoms with van der Waals surface area (Å²) in [4.78, 5) is 19.4. The molecule has 4 rings (SSSR count). The summed E-state index contributed by atoms with van der Waals surface area (Å²) in [6.07, 6.45) is 2.02. The first kappa shape index (κ1) is 20.7. The molecule has 0 radical (unpaired) electrons. The average molecular weight is 408 g/mol. The molecule has 0 spiro atoms. The molecule has 6 nitrogen and oxygen atoms in total. The van der Waals surface area contributed by atoms with Gasteiger partial charge < -0.3 is 10.2 Å². The van der Waals surface area contributed by atoms with Crippen LogP contribution in [0.2, 0.25) is 0 Å². The molecule has 3 heterocycles. The predicted octanol–water partition coefficient (Wildman–Crippen LogP) is 3.02. The first-order valence-corrected chi connectivity index (χ1v) is 9.76. The third-order valence-electron chi connectivity index (χ3n) is 5.73. The smallest absolute Gasteiger partial charge is 0.293 e. The van der Waals surface area contributed by atoms with E-state index in [4.69, 9.17) is 0 Å². The number of para-hydroxylation sites is 1. The molecule has 2 aliphatic heterocycles. The Balaban J connectivity index is 0.00000225. The second-order valence-corrected chi connectivity index (χ2v) is 7.86. The van der Waals surface area contributed by atoms with Crippen LogP contribution in [0.5, 0.6) is 0 Å². The number of fused-ring (bicyclic) bond motifs is 1. The summed E-state index contributed by atoms with van der Waals surface area (Å²) in [6, 6.07) is 6.45. The average Bonchev–Trinajstić information content (AvgIpc) is 3.25. The maximum Gasteiger partial charge on any atom is 0.293 e. The number of rotatable bonds is 3. The van der Waals surface area contributed by atoms with Crippen LogP contribution in [0.25, 0.3) is 5.69 Å². The van der Waals surface area contributed by atoms with Gasteiger partial charge in [0.2, 0.25) is 5.82 Å². The molecule has 2 saturated heterocycles. The Bertz CT molecular complexity index is 826. The van der Waals surface area contributed by atoms with Gasteiger partial charge in [0.1, 0.15) is 17.3 Å². The van der Waals surface area contributed by atoms with E-state index >= 15 is 0 Å². The van der Waals surface area contributed by atoms with Crippen LogP contribution in [0.1, 0.15) is 49.1 Å². The molecule has 1 aromatic carbocycles. The monoisotopic (exact) mass is 407 g/mol. The Hall–Kier alpha value is -1.99. The molecule has 1 aromatic heterocycles. The normalized spacial score (nSPS) is 21.9. The van der Waals surface area contributed by atoms with E-state index in [2.05, 4.69) is 15.4 Å². The SMILES string of the molecule is CC(C)c1nc(C(=O)N2CC[C@@H]3CNC[C@@H]3CC2)nn1-c1ccccc1F.Cl. The third-order valence-corrected chi connectivity index (χ3v) is 5.73. The number of benzene rings is 1. The van der Waals surface area contributed by atoms with Crippen molar-refractivity contribution in [2.75, 3.05) is 26.2 Å². The quantitative estimate of drug-likeness (QED) is 0.849. The zero-order valence-corrected chi connectivity index (χ0v) is 17.1. The van der Waals surface area contributed by atoms with Crippen LogP contribution >= 0.6 is 12.4 Å². The topological polar surface area (TPSA) is 63.1 Å². The number of nitrogens with zero attached hydrogens (tertiary/aromatic N) is 4. The van der Waals surface area contributed by atoms with Crippen LogP contribution in [0.3, 0.4) is 0 Å². The summed E-state index contributed by atoms with van der Waals surface area (Å²) >= 11 is 0. The Kier molecular flexibility index (Phi) is 6.35. The van der Waals surface area contributed by atoms with Crippen LogP contribution in [-0.2, 0) is 0 Å². The minimum absolute atomic E-state index is 0. The van der Waals surface area contributed by atoms with Gasteiger partial charge in [-0.15, -0.1) is 17.5 Å². The number of hydrogen-bond acceptors (Lipinski definition) is 4. The van der Waals surface area contributed by atoms with Crippen LogP contribution in [0, 0.1) is 17.7 Å². The van der Waals surface area contributed by atoms with Crippen molar-refractivity contribution in [2.45, 2.75) is 32.6 Å². The highest BCUT2D eigenvalue weighted by atomic mass is 35.5. The fourth-order valence-corrected chi connectivity index (χ4v) is 4.15. The molecule has 1 N–H and O–H groups in total. The van der Waals surface area contributed by atoms with Crippen molar-refractivity contribution in [3.05, 3.63) is 41.7 Å².